The van der Waals surface area contributed by atoms with Gasteiger partial charge in [-0.2, -0.15) is 0 Å². The zero-order valence-corrected chi connectivity index (χ0v) is 14.8. The van der Waals surface area contributed by atoms with Crippen LogP contribution in [0.25, 0.3) is 0 Å². The summed E-state index contributed by atoms with van der Waals surface area (Å²) in [4.78, 5) is 4.43. The van der Waals surface area contributed by atoms with Gasteiger partial charge in [0.25, 0.3) is 0 Å². The van der Waals surface area contributed by atoms with E-state index in [4.69, 9.17) is 15.2 Å². The van der Waals surface area contributed by atoms with Crippen LogP contribution < -0.4 is 20.5 Å². The molecule has 0 unspecified atom stereocenters. The summed E-state index contributed by atoms with van der Waals surface area (Å²) in [6.45, 7) is 0.504. The van der Waals surface area contributed by atoms with Crippen molar-refractivity contribution >= 4 is 21.9 Å². The predicted octanol–water partition coefficient (Wildman–Crippen LogP) is 3.20. The van der Waals surface area contributed by atoms with Gasteiger partial charge in [0.15, 0.2) is 17.5 Å². The van der Waals surface area contributed by atoms with Gasteiger partial charge in [-0.05, 0) is 46.5 Å². The van der Waals surface area contributed by atoms with Crippen LogP contribution >= 0.6 is 15.9 Å². The van der Waals surface area contributed by atoms with Crippen molar-refractivity contribution < 1.29 is 9.47 Å². The monoisotopic (exact) mass is 369 g/mol. The van der Waals surface area contributed by atoms with Gasteiger partial charge in [0.05, 0.1) is 25.2 Å². The van der Waals surface area contributed by atoms with Crippen molar-refractivity contribution in [2.24, 2.45) is 10.7 Å². The SMILES string of the molecule is COc1cc(CN=C(N)NC2CCCCC2)cc(Br)c1OC. The smallest absolute Gasteiger partial charge is 0.189 e. The number of nitrogens with two attached hydrogens (primary N) is 1. The van der Waals surface area contributed by atoms with Crippen molar-refractivity contribution in [3.05, 3.63) is 22.2 Å². The molecule has 1 aliphatic carbocycles. The normalized spacial score (nSPS) is 16.4. The summed E-state index contributed by atoms with van der Waals surface area (Å²) >= 11 is 3.49. The second-order valence-corrected chi connectivity index (χ2v) is 6.35. The Balaban J connectivity index is 2.00. The summed E-state index contributed by atoms with van der Waals surface area (Å²) in [5, 5.41) is 3.31. The van der Waals surface area contributed by atoms with Crippen LogP contribution in [0, 0.1) is 0 Å². The van der Waals surface area contributed by atoms with Gasteiger partial charge in [-0.15, -0.1) is 0 Å². The van der Waals surface area contributed by atoms with Gasteiger partial charge in [0.1, 0.15) is 0 Å². The number of hydrogen-bond donors (Lipinski definition) is 2. The number of benzene rings is 1. The van der Waals surface area contributed by atoms with Gasteiger partial charge in [-0.1, -0.05) is 19.3 Å². The fourth-order valence-electron chi connectivity index (χ4n) is 2.74. The van der Waals surface area contributed by atoms with Crippen molar-refractivity contribution in [2.75, 3.05) is 14.2 Å². The highest BCUT2D eigenvalue weighted by molar-refractivity contribution is 9.10. The standard InChI is InChI=1S/C16H24BrN3O2/c1-21-14-9-11(8-13(17)15(14)22-2)10-19-16(18)20-12-6-4-3-5-7-12/h8-9,12H,3-7,10H2,1-2H3,(H3,18,19,20). The van der Waals surface area contributed by atoms with E-state index in [-0.39, 0.29) is 0 Å². The molecule has 1 aromatic carbocycles. The van der Waals surface area contributed by atoms with Crippen molar-refractivity contribution in [3.63, 3.8) is 0 Å². The summed E-state index contributed by atoms with van der Waals surface area (Å²) < 4.78 is 11.5. The largest absolute Gasteiger partial charge is 0.493 e. The molecule has 0 saturated heterocycles. The summed E-state index contributed by atoms with van der Waals surface area (Å²) in [5.74, 6) is 1.88. The van der Waals surface area contributed by atoms with Gasteiger partial charge in [-0.3, -0.25) is 0 Å². The number of hydrogen-bond acceptors (Lipinski definition) is 3. The Hall–Kier alpha value is -1.43. The molecule has 1 aromatic rings. The molecule has 0 atom stereocenters. The number of aliphatic imine (C=N–C) groups is 1. The molecule has 1 aliphatic rings. The minimum atomic E-state index is 0.467. The van der Waals surface area contributed by atoms with Gasteiger partial charge in [-0.25, -0.2) is 4.99 Å². The van der Waals surface area contributed by atoms with Gasteiger partial charge >= 0.3 is 0 Å². The maximum absolute atomic E-state index is 5.99. The molecule has 0 aliphatic heterocycles. The highest BCUT2D eigenvalue weighted by Gasteiger charge is 2.14. The Morgan fingerprint density at radius 2 is 2.00 bits per heavy atom. The Morgan fingerprint density at radius 1 is 1.27 bits per heavy atom. The van der Waals surface area contributed by atoms with Crippen molar-refractivity contribution in [3.8, 4) is 11.5 Å². The molecule has 3 N–H and O–H groups in total. The summed E-state index contributed by atoms with van der Waals surface area (Å²) in [6, 6.07) is 4.36. The van der Waals surface area contributed by atoms with Crippen molar-refractivity contribution in [1.82, 2.24) is 5.32 Å². The average molecular weight is 370 g/mol. The number of nitrogens with one attached hydrogen (secondary N) is 1. The third-order valence-corrected chi connectivity index (χ3v) is 4.47. The Kier molecular flexibility index (Phi) is 6.36. The van der Waals surface area contributed by atoms with Gasteiger partial charge in [0.2, 0.25) is 0 Å². The minimum absolute atomic E-state index is 0.467. The van der Waals surface area contributed by atoms with E-state index in [1.165, 1.54) is 32.1 Å². The third-order valence-electron chi connectivity index (χ3n) is 3.88. The van der Waals surface area contributed by atoms with Crippen molar-refractivity contribution in [2.45, 2.75) is 44.7 Å². The lowest BCUT2D eigenvalue weighted by Crippen LogP contribution is -2.41. The van der Waals surface area contributed by atoms with E-state index in [1.54, 1.807) is 14.2 Å². The summed E-state index contributed by atoms with van der Waals surface area (Å²) in [5.41, 5.74) is 7.00. The molecule has 2 rings (SSSR count). The van der Waals surface area contributed by atoms with Gasteiger partial charge in [0, 0.05) is 6.04 Å². The van der Waals surface area contributed by atoms with E-state index in [1.807, 2.05) is 12.1 Å². The van der Waals surface area contributed by atoms with E-state index in [0.29, 0.717) is 30.0 Å². The molecule has 0 heterocycles. The highest BCUT2D eigenvalue weighted by atomic mass is 79.9. The van der Waals surface area contributed by atoms with Crippen LogP contribution in [-0.2, 0) is 6.54 Å². The van der Waals surface area contributed by atoms with E-state index in [9.17, 15) is 0 Å². The van der Waals surface area contributed by atoms with Crippen LogP contribution in [0.1, 0.15) is 37.7 Å². The molecular weight excluding hydrogens is 346 g/mol. The third kappa shape index (κ3) is 4.53. The zero-order chi connectivity index (χ0) is 15.9. The Morgan fingerprint density at radius 3 is 2.64 bits per heavy atom. The molecule has 0 aromatic heterocycles. The van der Waals surface area contributed by atoms with Crippen molar-refractivity contribution in [1.29, 1.82) is 0 Å². The van der Waals surface area contributed by atoms with Gasteiger partial charge < -0.3 is 20.5 Å². The molecule has 0 bridgehead atoms. The molecule has 1 fully saturated rings. The van der Waals surface area contributed by atoms with Crippen LogP contribution in [0.3, 0.4) is 0 Å². The number of rotatable bonds is 5. The molecule has 1 saturated carbocycles. The maximum Gasteiger partial charge on any atom is 0.189 e. The van der Waals surface area contributed by atoms with E-state index in [2.05, 4.69) is 26.2 Å². The van der Waals surface area contributed by atoms with Crippen LogP contribution in [0.15, 0.2) is 21.6 Å². The quantitative estimate of drug-likeness (QED) is 0.617. The first-order valence-electron chi connectivity index (χ1n) is 7.61. The number of nitrogens with zero attached hydrogens (tertiary/aromatic N) is 1. The fraction of sp³-hybridized carbons (Fsp3) is 0.562. The lowest BCUT2D eigenvalue weighted by Gasteiger charge is -2.23. The number of methoxy groups -OCH3 is 2. The average Bonchev–Trinajstić information content (AvgIpc) is 2.53. The molecule has 0 radical (unpaired) electrons. The Bertz CT molecular complexity index is 528. The Labute approximate surface area is 140 Å². The number of ether oxygens (including phenoxy) is 2. The molecule has 5 nitrogen and oxygen atoms in total. The molecule has 22 heavy (non-hydrogen) atoms. The fourth-order valence-corrected chi connectivity index (χ4v) is 3.39. The predicted molar refractivity (Wildman–Crippen MR) is 92.6 cm³/mol. The number of guanidine groups is 1. The molecule has 122 valence electrons. The van der Waals surface area contributed by atoms with Crippen LogP contribution in [0.4, 0.5) is 0 Å². The molecule has 0 spiro atoms. The topological polar surface area (TPSA) is 68.9 Å². The molecular formula is C16H24BrN3O2. The second-order valence-electron chi connectivity index (χ2n) is 5.49. The lowest BCUT2D eigenvalue weighted by atomic mass is 9.96. The number of halogens is 1. The first kappa shape index (κ1) is 16.9. The first-order chi connectivity index (χ1) is 10.6. The molecule has 0 amide bonds. The molecule has 6 heteroatoms. The maximum atomic E-state index is 5.99. The lowest BCUT2D eigenvalue weighted by molar-refractivity contribution is 0.352. The minimum Gasteiger partial charge on any atom is -0.493 e. The zero-order valence-electron chi connectivity index (χ0n) is 13.2. The van der Waals surface area contributed by atoms with E-state index in [0.717, 1.165) is 10.0 Å². The second kappa shape index (κ2) is 8.27. The summed E-state index contributed by atoms with van der Waals surface area (Å²) in [7, 11) is 3.24. The van der Waals surface area contributed by atoms with Crippen LogP contribution in [0.2, 0.25) is 0 Å². The first-order valence-corrected chi connectivity index (χ1v) is 8.40. The highest BCUT2D eigenvalue weighted by Crippen LogP contribution is 2.36. The van der Waals surface area contributed by atoms with E-state index >= 15 is 0 Å². The van der Waals surface area contributed by atoms with Crippen LogP contribution in [0.5, 0.6) is 11.5 Å². The van der Waals surface area contributed by atoms with E-state index < -0.39 is 0 Å². The van der Waals surface area contributed by atoms with Crippen LogP contribution in [-0.4, -0.2) is 26.2 Å². The summed E-state index contributed by atoms with van der Waals surface area (Å²) in [6.07, 6.45) is 6.23.